The molecule has 0 spiro atoms. The summed E-state index contributed by atoms with van der Waals surface area (Å²) >= 11 is 0. The molecule has 1 fully saturated rings. The van der Waals surface area contributed by atoms with Gasteiger partial charge in [-0.25, -0.2) is 0 Å². The standard InChI is InChI=1S/C17H36O2Si.Pd/c1-12(2)17(18)11-16(17)9-10-19-20(13(3)4,14(5)6)15(7)8;/h12-16,18H,9-11H2,1-8H3;/t16-,17+;/m1./s1. The Bertz CT molecular complexity index is 296. The van der Waals surface area contributed by atoms with Crippen LogP contribution in [0.25, 0.3) is 0 Å². The van der Waals surface area contributed by atoms with Gasteiger partial charge in [0.15, 0.2) is 8.32 Å². The summed E-state index contributed by atoms with van der Waals surface area (Å²) in [5.74, 6) is 0.829. The first kappa shape index (κ1) is 21.8. The van der Waals surface area contributed by atoms with E-state index >= 15 is 0 Å². The number of hydrogen-bond donors (Lipinski definition) is 1. The molecule has 0 aromatic carbocycles. The zero-order valence-electron chi connectivity index (χ0n) is 15.2. The molecule has 2 atom stereocenters. The van der Waals surface area contributed by atoms with Crippen LogP contribution in [0.1, 0.15) is 68.2 Å². The molecule has 0 saturated heterocycles. The molecule has 0 amide bonds. The second-order valence-electron chi connectivity index (χ2n) is 8.00. The molecule has 0 aromatic rings. The van der Waals surface area contributed by atoms with Crippen LogP contribution in [-0.2, 0) is 24.8 Å². The monoisotopic (exact) mass is 406 g/mol. The van der Waals surface area contributed by atoms with Crippen molar-refractivity contribution < 1.29 is 30.0 Å². The van der Waals surface area contributed by atoms with Crippen LogP contribution in [0.4, 0.5) is 0 Å². The van der Waals surface area contributed by atoms with Gasteiger partial charge < -0.3 is 9.53 Å². The van der Waals surface area contributed by atoms with Crippen molar-refractivity contribution in [3.63, 3.8) is 0 Å². The molecule has 21 heavy (non-hydrogen) atoms. The molecule has 1 rings (SSSR count). The average Bonchev–Trinajstić information content (AvgIpc) is 2.96. The largest absolute Gasteiger partial charge is 0.416 e. The average molecular weight is 407 g/mol. The minimum atomic E-state index is -1.72. The van der Waals surface area contributed by atoms with E-state index in [4.69, 9.17) is 4.43 Å². The molecule has 2 nitrogen and oxygen atoms in total. The molecule has 0 unspecified atom stereocenters. The maximum Gasteiger partial charge on any atom is 0.200 e. The maximum atomic E-state index is 10.4. The zero-order chi connectivity index (χ0) is 15.7. The molecule has 1 aliphatic rings. The van der Waals surface area contributed by atoms with Crippen LogP contribution in [0.2, 0.25) is 16.6 Å². The molecule has 4 heteroatoms. The molecule has 1 N–H and O–H groups in total. The second kappa shape index (κ2) is 8.06. The third-order valence-corrected chi connectivity index (χ3v) is 11.8. The summed E-state index contributed by atoms with van der Waals surface area (Å²) in [5, 5.41) is 10.4. The summed E-state index contributed by atoms with van der Waals surface area (Å²) < 4.78 is 6.57. The molecule has 0 radical (unpaired) electrons. The van der Waals surface area contributed by atoms with Gasteiger partial charge in [0.05, 0.1) is 5.60 Å². The number of hydrogen-bond acceptors (Lipinski definition) is 2. The van der Waals surface area contributed by atoms with Crippen molar-refractivity contribution in [3.8, 4) is 0 Å². The molecule has 0 heterocycles. The Morgan fingerprint density at radius 1 is 1.00 bits per heavy atom. The van der Waals surface area contributed by atoms with Crippen LogP contribution in [0.3, 0.4) is 0 Å². The normalized spacial score (nSPS) is 25.9. The Labute approximate surface area is 147 Å². The van der Waals surface area contributed by atoms with E-state index < -0.39 is 13.9 Å². The van der Waals surface area contributed by atoms with E-state index in [9.17, 15) is 5.11 Å². The van der Waals surface area contributed by atoms with Crippen LogP contribution in [0.15, 0.2) is 0 Å². The minimum Gasteiger partial charge on any atom is -0.416 e. The molecular formula is C17H36O2PdSi. The van der Waals surface area contributed by atoms with Crippen LogP contribution in [0, 0.1) is 11.8 Å². The third kappa shape index (κ3) is 4.42. The third-order valence-electron chi connectivity index (χ3n) is 5.65. The van der Waals surface area contributed by atoms with Crippen molar-refractivity contribution in [2.75, 3.05) is 6.61 Å². The Kier molecular flexibility index (Phi) is 8.37. The van der Waals surface area contributed by atoms with Gasteiger partial charge in [0.25, 0.3) is 0 Å². The van der Waals surface area contributed by atoms with E-state index in [-0.39, 0.29) is 20.4 Å². The van der Waals surface area contributed by atoms with Crippen molar-refractivity contribution in [2.24, 2.45) is 11.8 Å². The molecule has 0 aliphatic heterocycles. The van der Waals surface area contributed by atoms with E-state index in [1.807, 2.05) is 0 Å². The quantitative estimate of drug-likeness (QED) is 0.576. The van der Waals surface area contributed by atoms with Crippen LogP contribution < -0.4 is 0 Å². The van der Waals surface area contributed by atoms with Gasteiger partial charge in [-0.2, -0.15) is 0 Å². The molecular weight excluding hydrogens is 371 g/mol. The van der Waals surface area contributed by atoms with Crippen LogP contribution in [-0.4, -0.2) is 25.6 Å². The molecule has 0 aromatic heterocycles. The Morgan fingerprint density at radius 3 is 1.71 bits per heavy atom. The van der Waals surface area contributed by atoms with Crippen LogP contribution in [0.5, 0.6) is 0 Å². The van der Waals surface area contributed by atoms with E-state index in [2.05, 4.69) is 55.4 Å². The van der Waals surface area contributed by atoms with Gasteiger partial charge in [0, 0.05) is 27.0 Å². The number of aliphatic hydroxyl groups is 1. The zero-order valence-corrected chi connectivity index (χ0v) is 17.7. The van der Waals surface area contributed by atoms with Gasteiger partial charge in [-0.05, 0) is 41.3 Å². The van der Waals surface area contributed by atoms with E-state index in [0.29, 0.717) is 28.5 Å². The SMILES string of the molecule is CC(C)[C@@]1(O)C[C@H]1CCO[Si](C(C)C)(C(C)C)C(C)C.[Pd]. The predicted octanol–water partition coefficient (Wildman–Crippen LogP) is 4.97. The second-order valence-corrected chi connectivity index (χ2v) is 13.5. The van der Waals surface area contributed by atoms with E-state index in [0.717, 1.165) is 19.4 Å². The van der Waals surface area contributed by atoms with Crippen molar-refractivity contribution in [3.05, 3.63) is 0 Å². The number of rotatable bonds is 8. The minimum absolute atomic E-state index is 0. The topological polar surface area (TPSA) is 29.5 Å². The summed E-state index contributed by atoms with van der Waals surface area (Å²) in [5.41, 5.74) is 1.53. The fourth-order valence-electron chi connectivity index (χ4n) is 4.27. The van der Waals surface area contributed by atoms with Gasteiger partial charge in [-0.15, -0.1) is 0 Å². The van der Waals surface area contributed by atoms with Crippen molar-refractivity contribution in [2.45, 2.75) is 90.5 Å². The Balaban J connectivity index is 0.00000400. The molecule has 1 aliphatic carbocycles. The summed E-state index contributed by atoms with van der Waals surface area (Å²) in [4.78, 5) is 0. The molecule has 0 bridgehead atoms. The van der Waals surface area contributed by atoms with Gasteiger partial charge in [-0.3, -0.25) is 0 Å². The van der Waals surface area contributed by atoms with E-state index in [1.165, 1.54) is 0 Å². The van der Waals surface area contributed by atoms with Gasteiger partial charge in [0.1, 0.15) is 0 Å². The summed E-state index contributed by atoms with van der Waals surface area (Å²) in [6.45, 7) is 19.0. The van der Waals surface area contributed by atoms with Crippen LogP contribution >= 0.6 is 0 Å². The maximum absolute atomic E-state index is 10.4. The fourth-order valence-corrected chi connectivity index (χ4v) is 9.74. The Morgan fingerprint density at radius 2 is 1.43 bits per heavy atom. The predicted molar refractivity (Wildman–Crippen MR) is 89.5 cm³/mol. The van der Waals surface area contributed by atoms with Gasteiger partial charge >= 0.3 is 0 Å². The first-order chi connectivity index (χ1) is 9.09. The summed E-state index contributed by atoms with van der Waals surface area (Å²) in [6, 6.07) is 0. The van der Waals surface area contributed by atoms with Crippen molar-refractivity contribution in [1.82, 2.24) is 0 Å². The van der Waals surface area contributed by atoms with Gasteiger partial charge in [-0.1, -0.05) is 55.4 Å². The van der Waals surface area contributed by atoms with Crippen molar-refractivity contribution >= 4 is 8.32 Å². The summed E-state index contributed by atoms with van der Waals surface area (Å²) in [7, 11) is -1.72. The summed E-state index contributed by atoms with van der Waals surface area (Å²) in [6.07, 6.45) is 1.99. The Hall–Kier alpha value is 0.799. The smallest absolute Gasteiger partial charge is 0.200 e. The first-order valence-corrected chi connectivity index (χ1v) is 10.6. The van der Waals surface area contributed by atoms with Crippen molar-refractivity contribution in [1.29, 1.82) is 0 Å². The van der Waals surface area contributed by atoms with Gasteiger partial charge in [0.2, 0.25) is 0 Å². The molecule has 130 valence electrons. The fraction of sp³-hybridized carbons (Fsp3) is 1.00. The first-order valence-electron chi connectivity index (χ1n) is 8.45. The molecule has 1 saturated carbocycles. The van der Waals surface area contributed by atoms with E-state index in [1.54, 1.807) is 0 Å².